The Morgan fingerprint density at radius 3 is 2.56 bits per heavy atom. The summed E-state index contributed by atoms with van der Waals surface area (Å²) in [5, 5.41) is 10.0. The fraction of sp³-hybridized carbons (Fsp3) is 0.538. The Labute approximate surface area is 97.0 Å². The van der Waals surface area contributed by atoms with Crippen molar-refractivity contribution < 1.29 is 14.6 Å². The third-order valence-corrected chi connectivity index (χ3v) is 2.62. The van der Waals surface area contributed by atoms with Gasteiger partial charge in [0.25, 0.3) is 0 Å². The lowest BCUT2D eigenvalue weighted by Gasteiger charge is -2.16. The van der Waals surface area contributed by atoms with Gasteiger partial charge in [0, 0.05) is 5.56 Å². The van der Waals surface area contributed by atoms with E-state index in [2.05, 4.69) is 6.92 Å². The second-order valence-electron chi connectivity index (χ2n) is 3.74. The zero-order chi connectivity index (χ0) is 12.0. The first-order valence-corrected chi connectivity index (χ1v) is 5.63. The number of aliphatic hydroxyl groups is 1. The van der Waals surface area contributed by atoms with E-state index in [1.807, 2.05) is 18.2 Å². The molecule has 0 heterocycles. The second-order valence-corrected chi connectivity index (χ2v) is 3.74. The van der Waals surface area contributed by atoms with Crippen LogP contribution in [-0.4, -0.2) is 19.3 Å². The Kier molecular flexibility index (Phi) is 5.12. The Morgan fingerprint density at radius 1 is 1.25 bits per heavy atom. The Bertz CT molecular complexity index is 323. The normalized spacial score (nSPS) is 12.2. The summed E-state index contributed by atoms with van der Waals surface area (Å²) in [5.74, 6) is 1.30. The van der Waals surface area contributed by atoms with Gasteiger partial charge in [-0.15, -0.1) is 0 Å². The van der Waals surface area contributed by atoms with Crippen LogP contribution in [0.15, 0.2) is 18.2 Å². The predicted molar refractivity (Wildman–Crippen MR) is 64.0 cm³/mol. The van der Waals surface area contributed by atoms with Crippen LogP contribution in [0, 0.1) is 0 Å². The predicted octanol–water partition coefficient (Wildman–Crippen LogP) is 2.93. The van der Waals surface area contributed by atoms with Gasteiger partial charge in [0.2, 0.25) is 0 Å². The first-order chi connectivity index (χ1) is 7.74. The van der Waals surface area contributed by atoms with E-state index in [4.69, 9.17) is 9.47 Å². The van der Waals surface area contributed by atoms with Crippen LogP contribution in [0.4, 0.5) is 0 Å². The van der Waals surface area contributed by atoms with Crippen LogP contribution in [0.3, 0.4) is 0 Å². The van der Waals surface area contributed by atoms with Crippen molar-refractivity contribution in [1.29, 1.82) is 0 Å². The number of methoxy groups -OCH3 is 2. The average Bonchev–Trinajstić information content (AvgIpc) is 2.34. The lowest BCUT2D eigenvalue weighted by Crippen LogP contribution is -2.02. The van der Waals surface area contributed by atoms with Crippen LogP contribution in [0.2, 0.25) is 0 Å². The summed E-state index contributed by atoms with van der Waals surface area (Å²) in [7, 11) is 3.19. The standard InChI is InChI=1S/C13H20O3/c1-4-5-8-11(14)10-7-6-9-12(15-2)13(10)16-3/h6-7,9,11,14H,4-5,8H2,1-3H3/t11-/m0/s1. The quantitative estimate of drug-likeness (QED) is 0.807. The molecule has 1 aromatic carbocycles. The fourth-order valence-corrected chi connectivity index (χ4v) is 1.73. The van der Waals surface area contributed by atoms with Crippen LogP contribution in [0.25, 0.3) is 0 Å². The first-order valence-electron chi connectivity index (χ1n) is 5.63. The van der Waals surface area contributed by atoms with Gasteiger partial charge in [-0.1, -0.05) is 31.9 Å². The van der Waals surface area contributed by atoms with Crippen LogP contribution >= 0.6 is 0 Å². The molecule has 90 valence electrons. The van der Waals surface area contributed by atoms with E-state index in [1.54, 1.807) is 14.2 Å². The van der Waals surface area contributed by atoms with Gasteiger partial charge >= 0.3 is 0 Å². The largest absolute Gasteiger partial charge is 0.493 e. The number of hydrogen-bond donors (Lipinski definition) is 1. The van der Waals surface area contributed by atoms with E-state index in [0.717, 1.165) is 24.8 Å². The molecule has 0 aliphatic heterocycles. The molecule has 3 heteroatoms. The number of rotatable bonds is 6. The van der Waals surface area contributed by atoms with Crippen molar-refractivity contribution >= 4 is 0 Å². The highest BCUT2D eigenvalue weighted by molar-refractivity contribution is 5.47. The van der Waals surface area contributed by atoms with Gasteiger partial charge in [0.1, 0.15) is 0 Å². The third-order valence-electron chi connectivity index (χ3n) is 2.62. The molecule has 1 N–H and O–H groups in total. The molecule has 1 aromatic rings. The molecule has 3 nitrogen and oxygen atoms in total. The van der Waals surface area contributed by atoms with E-state index in [0.29, 0.717) is 11.5 Å². The van der Waals surface area contributed by atoms with Crippen LogP contribution in [0.1, 0.15) is 37.9 Å². The topological polar surface area (TPSA) is 38.7 Å². The number of para-hydroxylation sites is 1. The van der Waals surface area contributed by atoms with Gasteiger partial charge < -0.3 is 14.6 Å². The number of unbranched alkanes of at least 4 members (excludes halogenated alkanes) is 1. The molecule has 0 unspecified atom stereocenters. The maximum Gasteiger partial charge on any atom is 0.166 e. The maximum atomic E-state index is 10.0. The third kappa shape index (κ3) is 2.89. The van der Waals surface area contributed by atoms with Gasteiger partial charge in [-0.25, -0.2) is 0 Å². The van der Waals surface area contributed by atoms with Crippen molar-refractivity contribution in [1.82, 2.24) is 0 Å². The molecular weight excluding hydrogens is 204 g/mol. The van der Waals surface area contributed by atoms with Crippen molar-refractivity contribution in [2.24, 2.45) is 0 Å². The van der Waals surface area contributed by atoms with Crippen LogP contribution < -0.4 is 9.47 Å². The summed E-state index contributed by atoms with van der Waals surface area (Å²) < 4.78 is 10.5. The highest BCUT2D eigenvalue weighted by Crippen LogP contribution is 2.36. The van der Waals surface area contributed by atoms with E-state index < -0.39 is 6.10 Å². The van der Waals surface area contributed by atoms with Crippen LogP contribution in [0.5, 0.6) is 11.5 Å². The molecule has 0 fully saturated rings. The van der Waals surface area contributed by atoms with Crippen molar-refractivity contribution in [3.05, 3.63) is 23.8 Å². The molecule has 0 aromatic heterocycles. The highest BCUT2D eigenvalue weighted by Gasteiger charge is 2.16. The summed E-state index contributed by atoms with van der Waals surface area (Å²) in [6.07, 6.45) is 2.34. The molecule has 0 amide bonds. The number of aliphatic hydroxyl groups excluding tert-OH is 1. The molecule has 0 saturated carbocycles. The van der Waals surface area contributed by atoms with Crippen LogP contribution in [-0.2, 0) is 0 Å². The van der Waals surface area contributed by atoms with Crippen molar-refractivity contribution in [3.63, 3.8) is 0 Å². The van der Waals surface area contributed by atoms with Crippen molar-refractivity contribution in [2.75, 3.05) is 14.2 Å². The molecule has 0 saturated heterocycles. The van der Waals surface area contributed by atoms with Gasteiger partial charge in [0.05, 0.1) is 20.3 Å². The Morgan fingerprint density at radius 2 is 2.00 bits per heavy atom. The molecule has 1 atom stereocenters. The fourth-order valence-electron chi connectivity index (χ4n) is 1.73. The molecule has 16 heavy (non-hydrogen) atoms. The lowest BCUT2D eigenvalue weighted by atomic mass is 10.0. The zero-order valence-electron chi connectivity index (χ0n) is 10.2. The van der Waals surface area contributed by atoms with Crippen molar-refractivity contribution in [2.45, 2.75) is 32.3 Å². The van der Waals surface area contributed by atoms with E-state index in [1.165, 1.54) is 0 Å². The van der Waals surface area contributed by atoms with E-state index in [-0.39, 0.29) is 0 Å². The Hall–Kier alpha value is -1.22. The molecule has 0 aliphatic rings. The van der Waals surface area contributed by atoms with E-state index in [9.17, 15) is 5.11 Å². The molecular formula is C13H20O3. The first kappa shape index (κ1) is 12.8. The number of benzene rings is 1. The van der Waals surface area contributed by atoms with Gasteiger partial charge in [0.15, 0.2) is 11.5 Å². The summed E-state index contributed by atoms with van der Waals surface area (Å²) >= 11 is 0. The van der Waals surface area contributed by atoms with Crippen molar-refractivity contribution in [3.8, 4) is 11.5 Å². The average molecular weight is 224 g/mol. The minimum absolute atomic E-state index is 0.481. The lowest BCUT2D eigenvalue weighted by molar-refractivity contribution is 0.159. The number of hydrogen-bond acceptors (Lipinski definition) is 3. The molecule has 0 radical (unpaired) electrons. The smallest absolute Gasteiger partial charge is 0.166 e. The maximum absolute atomic E-state index is 10.0. The monoisotopic (exact) mass is 224 g/mol. The highest BCUT2D eigenvalue weighted by atomic mass is 16.5. The zero-order valence-corrected chi connectivity index (χ0v) is 10.2. The molecule has 0 bridgehead atoms. The Balaban J connectivity index is 2.93. The number of ether oxygens (including phenoxy) is 2. The minimum Gasteiger partial charge on any atom is -0.493 e. The molecule has 1 rings (SSSR count). The van der Waals surface area contributed by atoms with Gasteiger partial charge in [-0.05, 0) is 12.5 Å². The summed E-state index contributed by atoms with van der Waals surface area (Å²) in [6.45, 7) is 2.11. The molecule has 0 aliphatic carbocycles. The summed E-state index contributed by atoms with van der Waals surface area (Å²) in [5.41, 5.74) is 0.801. The van der Waals surface area contributed by atoms with Gasteiger partial charge in [-0.3, -0.25) is 0 Å². The summed E-state index contributed by atoms with van der Waals surface area (Å²) in [6, 6.07) is 5.57. The SMILES string of the molecule is CCCC[C@H](O)c1cccc(OC)c1OC. The minimum atomic E-state index is -0.481. The van der Waals surface area contributed by atoms with Gasteiger partial charge in [-0.2, -0.15) is 0 Å². The second kappa shape index (κ2) is 6.38. The van der Waals surface area contributed by atoms with E-state index >= 15 is 0 Å². The summed E-state index contributed by atoms with van der Waals surface area (Å²) in [4.78, 5) is 0. The molecule has 0 spiro atoms.